The molecule has 2 aromatic rings. The fraction of sp³-hybridized carbons (Fsp3) is 0.500. The number of piperidine rings is 1. The van der Waals surface area contributed by atoms with E-state index in [-0.39, 0.29) is 5.91 Å². The number of carbonyl (C=O) groups is 1. The Hall–Kier alpha value is -1.82. The molecule has 3 heterocycles. The summed E-state index contributed by atoms with van der Waals surface area (Å²) in [4.78, 5) is 15.3. The van der Waals surface area contributed by atoms with Crippen LogP contribution in [-0.4, -0.2) is 29.1 Å². The van der Waals surface area contributed by atoms with E-state index in [1.807, 2.05) is 23.3 Å². The maximum Gasteiger partial charge on any atom is 0.264 e. The van der Waals surface area contributed by atoms with Crippen LogP contribution in [0.1, 0.15) is 52.2 Å². The molecular formula is C16H21N3O2S. The number of nitrogens with two attached hydrogens (primary N) is 1. The van der Waals surface area contributed by atoms with Crippen LogP contribution >= 0.6 is 11.3 Å². The molecular weight excluding hydrogens is 298 g/mol. The van der Waals surface area contributed by atoms with Crippen molar-refractivity contribution in [1.29, 1.82) is 0 Å². The zero-order valence-electron chi connectivity index (χ0n) is 13.0. The lowest BCUT2D eigenvalue weighted by Crippen LogP contribution is -2.38. The Morgan fingerprint density at radius 2 is 2.23 bits per heavy atom. The van der Waals surface area contributed by atoms with Crippen molar-refractivity contribution in [1.82, 2.24) is 10.1 Å². The normalized spacial score (nSPS) is 16.2. The Balaban J connectivity index is 1.68. The van der Waals surface area contributed by atoms with Crippen LogP contribution in [-0.2, 0) is 6.42 Å². The van der Waals surface area contributed by atoms with Crippen molar-refractivity contribution >= 4 is 23.1 Å². The van der Waals surface area contributed by atoms with Crippen LogP contribution in [0.4, 0.5) is 5.88 Å². The fourth-order valence-electron chi connectivity index (χ4n) is 3.10. The highest BCUT2D eigenvalue weighted by Gasteiger charge is 2.29. The number of aryl methyl sites for hydroxylation is 1. The van der Waals surface area contributed by atoms with Crippen LogP contribution < -0.4 is 5.73 Å². The highest BCUT2D eigenvalue weighted by molar-refractivity contribution is 7.12. The molecule has 1 fully saturated rings. The maximum atomic E-state index is 12.5. The molecule has 1 saturated heterocycles. The number of anilines is 1. The van der Waals surface area contributed by atoms with E-state index >= 15 is 0 Å². The molecule has 1 amide bonds. The van der Waals surface area contributed by atoms with E-state index in [0.29, 0.717) is 11.8 Å². The van der Waals surface area contributed by atoms with Crippen molar-refractivity contribution in [3.63, 3.8) is 0 Å². The summed E-state index contributed by atoms with van der Waals surface area (Å²) in [6.45, 7) is 5.57. The molecule has 0 bridgehead atoms. The van der Waals surface area contributed by atoms with Crippen LogP contribution in [0.5, 0.6) is 0 Å². The summed E-state index contributed by atoms with van der Waals surface area (Å²) < 4.78 is 5.14. The monoisotopic (exact) mass is 319 g/mol. The van der Waals surface area contributed by atoms with Gasteiger partial charge >= 0.3 is 0 Å². The van der Waals surface area contributed by atoms with Crippen molar-refractivity contribution in [2.45, 2.75) is 39.0 Å². The number of hydrogen-bond donors (Lipinski definition) is 1. The molecule has 6 heteroatoms. The minimum absolute atomic E-state index is 0.154. The zero-order valence-corrected chi connectivity index (χ0v) is 13.8. The second-order valence-electron chi connectivity index (χ2n) is 5.76. The summed E-state index contributed by atoms with van der Waals surface area (Å²) in [6, 6.07) is 2.00. The summed E-state index contributed by atoms with van der Waals surface area (Å²) in [6.07, 6.45) is 2.66. The molecule has 1 aliphatic rings. The molecule has 22 heavy (non-hydrogen) atoms. The van der Waals surface area contributed by atoms with Gasteiger partial charge in [0.05, 0.1) is 10.6 Å². The van der Waals surface area contributed by atoms with Crippen LogP contribution in [0.15, 0.2) is 16.0 Å². The lowest BCUT2D eigenvalue weighted by Gasteiger charge is -2.31. The van der Waals surface area contributed by atoms with E-state index in [9.17, 15) is 4.79 Å². The summed E-state index contributed by atoms with van der Waals surface area (Å²) in [5.74, 6) is 0.927. The van der Waals surface area contributed by atoms with Gasteiger partial charge in [-0.2, -0.15) is 0 Å². The average Bonchev–Trinajstić information content (AvgIpc) is 3.12. The summed E-state index contributed by atoms with van der Waals surface area (Å²) in [5, 5.41) is 6.12. The molecule has 0 aliphatic carbocycles. The van der Waals surface area contributed by atoms with Gasteiger partial charge in [0.15, 0.2) is 0 Å². The molecule has 0 aromatic carbocycles. The molecule has 1 aliphatic heterocycles. The van der Waals surface area contributed by atoms with E-state index < -0.39 is 0 Å². The highest BCUT2D eigenvalue weighted by Crippen LogP contribution is 2.33. The second kappa shape index (κ2) is 6.12. The molecule has 2 N–H and O–H groups in total. The predicted molar refractivity (Wildman–Crippen MR) is 87.2 cm³/mol. The molecule has 3 rings (SSSR count). The molecule has 0 atom stereocenters. The third-order valence-electron chi connectivity index (χ3n) is 4.43. The average molecular weight is 319 g/mol. The van der Waals surface area contributed by atoms with E-state index in [1.165, 1.54) is 11.3 Å². The first-order valence-corrected chi connectivity index (χ1v) is 8.57. The number of nitrogen functional groups attached to an aromatic ring is 1. The van der Waals surface area contributed by atoms with Crippen molar-refractivity contribution < 1.29 is 9.32 Å². The molecule has 0 spiro atoms. The molecule has 5 nitrogen and oxygen atoms in total. The number of nitrogens with zero attached hydrogens (tertiary/aromatic N) is 2. The van der Waals surface area contributed by atoms with Gasteiger partial charge in [0, 0.05) is 24.6 Å². The van der Waals surface area contributed by atoms with Gasteiger partial charge in [-0.1, -0.05) is 12.1 Å². The maximum absolute atomic E-state index is 12.5. The largest absolute Gasteiger partial charge is 0.367 e. The minimum Gasteiger partial charge on any atom is -0.367 e. The first-order chi connectivity index (χ1) is 10.6. The Kier molecular flexibility index (Phi) is 4.20. The zero-order chi connectivity index (χ0) is 15.7. The number of amides is 1. The summed E-state index contributed by atoms with van der Waals surface area (Å²) in [7, 11) is 0. The molecule has 0 saturated carbocycles. The second-order valence-corrected chi connectivity index (χ2v) is 6.68. The van der Waals surface area contributed by atoms with Crippen LogP contribution in [0, 0.1) is 6.92 Å². The smallest absolute Gasteiger partial charge is 0.264 e. The fourth-order valence-corrected chi connectivity index (χ4v) is 3.99. The van der Waals surface area contributed by atoms with Gasteiger partial charge in [-0.25, -0.2) is 0 Å². The van der Waals surface area contributed by atoms with Gasteiger partial charge < -0.3 is 15.2 Å². The van der Waals surface area contributed by atoms with Gasteiger partial charge in [0.1, 0.15) is 0 Å². The molecule has 0 unspecified atom stereocenters. The van der Waals surface area contributed by atoms with Gasteiger partial charge in [0.2, 0.25) is 5.88 Å². The summed E-state index contributed by atoms with van der Waals surface area (Å²) >= 11 is 1.52. The van der Waals surface area contributed by atoms with Gasteiger partial charge in [0.25, 0.3) is 5.91 Å². The number of likely N-dealkylation sites (tertiary alicyclic amines) is 1. The molecule has 2 aromatic heterocycles. The van der Waals surface area contributed by atoms with Crippen LogP contribution in [0.25, 0.3) is 0 Å². The van der Waals surface area contributed by atoms with Crippen LogP contribution in [0.3, 0.4) is 0 Å². The number of hydrogen-bond acceptors (Lipinski definition) is 5. The SMILES string of the molecule is CCc1c(C2CCN(C(=O)c3sccc3C)CC2)noc1N. The highest BCUT2D eigenvalue weighted by atomic mass is 32.1. The minimum atomic E-state index is 0.154. The van der Waals surface area contributed by atoms with E-state index in [4.69, 9.17) is 10.3 Å². The third kappa shape index (κ3) is 2.63. The number of carbonyl (C=O) groups excluding carboxylic acids is 1. The third-order valence-corrected chi connectivity index (χ3v) is 5.43. The number of aromatic nitrogens is 1. The van der Waals surface area contributed by atoms with E-state index in [1.54, 1.807) is 0 Å². The Bertz CT molecular complexity index is 669. The molecule has 0 radical (unpaired) electrons. The predicted octanol–water partition coefficient (Wildman–Crippen LogP) is 3.21. The Labute approximate surface area is 134 Å². The van der Waals surface area contributed by atoms with E-state index in [2.05, 4.69) is 12.1 Å². The van der Waals surface area contributed by atoms with Gasteiger partial charge in [-0.15, -0.1) is 11.3 Å². The first kappa shape index (κ1) is 15.1. The molecule has 118 valence electrons. The number of thiophene rings is 1. The van der Waals surface area contributed by atoms with Gasteiger partial charge in [-0.3, -0.25) is 4.79 Å². The topological polar surface area (TPSA) is 72.4 Å². The summed E-state index contributed by atoms with van der Waals surface area (Å²) in [5.41, 5.74) is 8.90. The van der Waals surface area contributed by atoms with Crippen LogP contribution in [0.2, 0.25) is 0 Å². The number of rotatable bonds is 3. The Morgan fingerprint density at radius 3 is 2.82 bits per heavy atom. The van der Waals surface area contributed by atoms with Crippen molar-refractivity contribution in [2.24, 2.45) is 0 Å². The van der Waals surface area contributed by atoms with Crippen molar-refractivity contribution in [2.75, 3.05) is 18.8 Å². The van der Waals surface area contributed by atoms with E-state index in [0.717, 1.165) is 54.0 Å². The lowest BCUT2D eigenvalue weighted by atomic mass is 9.90. The van der Waals surface area contributed by atoms with Crippen molar-refractivity contribution in [3.05, 3.63) is 33.1 Å². The standard InChI is InChI=1S/C16H21N3O2S/c1-3-12-13(18-21-15(12)17)11-4-7-19(8-5-11)16(20)14-10(2)6-9-22-14/h6,9,11H,3-5,7-8,17H2,1-2H3. The lowest BCUT2D eigenvalue weighted by molar-refractivity contribution is 0.0715. The Morgan fingerprint density at radius 1 is 1.50 bits per heavy atom. The van der Waals surface area contributed by atoms with Gasteiger partial charge in [-0.05, 0) is 43.2 Å². The first-order valence-electron chi connectivity index (χ1n) is 7.69. The van der Waals surface area contributed by atoms with Crippen molar-refractivity contribution in [3.8, 4) is 0 Å². The quantitative estimate of drug-likeness (QED) is 0.943.